The number of likely N-dealkylation sites (N-methyl/N-ethyl adjacent to an activating group) is 1. The third-order valence-electron chi connectivity index (χ3n) is 5.93. The molecule has 2 aromatic carbocycles. The minimum Gasteiger partial charge on any atom is -0.369 e. The van der Waals surface area contributed by atoms with Crippen molar-refractivity contribution in [2.75, 3.05) is 43.4 Å². The van der Waals surface area contributed by atoms with Crippen LogP contribution in [0.15, 0.2) is 60.0 Å². The first kappa shape index (κ1) is 22.2. The maximum absolute atomic E-state index is 13.9. The summed E-state index contributed by atoms with van der Waals surface area (Å²) in [7, 11) is 2.13. The molecule has 1 saturated heterocycles. The van der Waals surface area contributed by atoms with E-state index >= 15 is 0 Å². The first-order valence-corrected chi connectivity index (χ1v) is 12.0. The number of nitrogens with zero attached hydrogens (tertiary/aromatic N) is 5. The van der Waals surface area contributed by atoms with Gasteiger partial charge < -0.3 is 15.1 Å². The van der Waals surface area contributed by atoms with Crippen molar-refractivity contribution in [1.82, 2.24) is 19.7 Å². The molecule has 3 heterocycles. The molecule has 1 amide bonds. The van der Waals surface area contributed by atoms with Crippen LogP contribution in [0.2, 0.25) is 0 Å². The van der Waals surface area contributed by atoms with E-state index in [1.165, 1.54) is 28.2 Å². The zero-order chi connectivity index (χ0) is 23.7. The molecular weight excluding hydrogens is 451 g/mol. The van der Waals surface area contributed by atoms with Gasteiger partial charge in [-0.25, -0.2) is 14.1 Å². The zero-order valence-corrected chi connectivity index (χ0v) is 19.8. The molecule has 0 bridgehead atoms. The van der Waals surface area contributed by atoms with Gasteiger partial charge in [0, 0.05) is 37.6 Å². The first-order chi connectivity index (χ1) is 16.5. The number of amides is 1. The molecule has 0 spiro atoms. The Bertz CT molecular complexity index is 1310. The van der Waals surface area contributed by atoms with Gasteiger partial charge in [-0.1, -0.05) is 12.1 Å². The van der Waals surface area contributed by atoms with E-state index in [4.69, 9.17) is 0 Å². The highest BCUT2D eigenvalue weighted by Gasteiger charge is 2.21. The van der Waals surface area contributed by atoms with Crippen LogP contribution >= 0.6 is 11.3 Å². The van der Waals surface area contributed by atoms with Crippen LogP contribution in [-0.4, -0.2) is 58.8 Å². The predicted molar refractivity (Wildman–Crippen MR) is 133 cm³/mol. The van der Waals surface area contributed by atoms with E-state index in [-0.39, 0.29) is 11.6 Å². The standard InChI is InChI=1S/C25H25FN6OS/c1-17-15-19(31-12-10-30(2)11-13-31)8-9-21(17)27-25(33)23-28-24(22-7-4-14-34-22)32(29-23)20-6-3-5-18(26)16-20/h3-9,14-16H,10-13H2,1-2H3,(H,27,33). The number of aromatic nitrogens is 3. The van der Waals surface area contributed by atoms with E-state index in [1.54, 1.807) is 12.1 Å². The number of hydrogen-bond donors (Lipinski definition) is 1. The van der Waals surface area contributed by atoms with Crippen LogP contribution in [-0.2, 0) is 0 Å². The Morgan fingerprint density at radius 1 is 1.03 bits per heavy atom. The summed E-state index contributed by atoms with van der Waals surface area (Å²) in [5, 5.41) is 9.28. The number of hydrogen-bond acceptors (Lipinski definition) is 6. The molecule has 0 saturated carbocycles. The lowest BCUT2D eigenvalue weighted by Gasteiger charge is -2.34. The number of benzene rings is 2. The Balaban J connectivity index is 1.40. The van der Waals surface area contributed by atoms with Crippen molar-refractivity contribution >= 4 is 28.6 Å². The van der Waals surface area contributed by atoms with Gasteiger partial charge in [0.25, 0.3) is 5.91 Å². The van der Waals surface area contributed by atoms with E-state index in [2.05, 4.69) is 38.3 Å². The Labute approximate surface area is 201 Å². The minimum absolute atomic E-state index is 0.0233. The average molecular weight is 477 g/mol. The monoisotopic (exact) mass is 476 g/mol. The van der Waals surface area contributed by atoms with Crippen molar-refractivity contribution in [3.63, 3.8) is 0 Å². The van der Waals surface area contributed by atoms with Crippen molar-refractivity contribution in [2.24, 2.45) is 0 Å². The summed E-state index contributed by atoms with van der Waals surface area (Å²) >= 11 is 1.48. The lowest BCUT2D eigenvalue weighted by Crippen LogP contribution is -2.44. The molecule has 0 unspecified atom stereocenters. The first-order valence-electron chi connectivity index (χ1n) is 11.1. The Kier molecular flexibility index (Phi) is 6.12. The van der Waals surface area contributed by atoms with Gasteiger partial charge in [0.1, 0.15) is 5.82 Å². The van der Waals surface area contributed by atoms with Gasteiger partial charge in [0.15, 0.2) is 5.82 Å². The van der Waals surface area contributed by atoms with Crippen molar-refractivity contribution < 1.29 is 9.18 Å². The number of nitrogens with one attached hydrogen (secondary N) is 1. The topological polar surface area (TPSA) is 66.3 Å². The zero-order valence-electron chi connectivity index (χ0n) is 19.0. The smallest absolute Gasteiger partial charge is 0.295 e. The molecule has 4 aromatic rings. The van der Waals surface area contributed by atoms with Crippen molar-refractivity contribution in [3.05, 3.63) is 77.2 Å². The van der Waals surface area contributed by atoms with Gasteiger partial charge in [-0.2, -0.15) is 0 Å². The Hall–Kier alpha value is -3.56. The minimum atomic E-state index is -0.414. The van der Waals surface area contributed by atoms with E-state index in [9.17, 15) is 9.18 Å². The number of thiophene rings is 1. The summed E-state index contributed by atoms with van der Waals surface area (Å²) in [4.78, 5) is 23.1. The molecule has 1 fully saturated rings. The fraction of sp³-hybridized carbons (Fsp3) is 0.240. The number of piperazine rings is 1. The highest BCUT2D eigenvalue weighted by atomic mass is 32.1. The summed E-state index contributed by atoms with van der Waals surface area (Å²) in [6, 6.07) is 15.9. The largest absolute Gasteiger partial charge is 0.369 e. The van der Waals surface area contributed by atoms with E-state index < -0.39 is 5.91 Å². The van der Waals surface area contributed by atoms with Gasteiger partial charge >= 0.3 is 0 Å². The fourth-order valence-corrected chi connectivity index (χ4v) is 4.69. The molecule has 34 heavy (non-hydrogen) atoms. The maximum atomic E-state index is 13.9. The van der Waals surface area contributed by atoms with Crippen molar-refractivity contribution in [3.8, 4) is 16.4 Å². The molecule has 0 atom stereocenters. The van der Waals surface area contributed by atoms with E-state index in [1.807, 2.05) is 36.6 Å². The highest BCUT2D eigenvalue weighted by molar-refractivity contribution is 7.13. The number of carbonyl (C=O) groups excluding carboxylic acids is 1. The highest BCUT2D eigenvalue weighted by Crippen LogP contribution is 2.27. The van der Waals surface area contributed by atoms with Crippen LogP contribution in [0.25, 0.3) is 16.4 Å². The Morgan fingerprint density at radius 3 is 2.56 bits per heavy atom. The fourth-order valence-electron chi connectivity index (χ4n) is 3.99. The second kappa shape index (κ2) is 9.36. The van der Waals surface area contributed by atoms with Gasteiger partial charge in [0.05, 0.1) is 10.6 Å². The summed E-state index contributed by atoms with van der Waals surface area (Å²) in [6.45, 7) is 6.00. The molecule has 0 radical (unpaired) electrons. The predicted octanol–water partition coefficient (Wildman–Crippen LogP) is 4.45. The van der Waals surface area contributed by atoms with Gasteiger partial charge in [-0.3, -0.25) is 4.79 Å². The molecular formula is C25H25FN6OS. The SMILES string of the molecule is Cc1cc(N2CCN(C)CC2)ccc1NC(=O)c1nc(-c2cccs2)n(-c2cccc(F)c2)n1. The van der Waals surface area contributed by atoms with Crippen molar-refractivity contribution in [1.29, 1.82) is 0 Å². The lowest BCUT2D eigenvalue weighted by atomic mass is 10.1. The summed E-state index contributed by atoms with van der Waals surface area (Å²) in [5.74, 6) is -0.279. The number of rotatable bonds is 5. The lowest BCUT2D eigenvalue weighted by molar-refractivity contribution is 0.101. The van der Waals surface area contributed by atoms with Crippen LogP contribution in [0.5, 0.6) is 0 Å². The molecule has 174 valence electrons. The molecule has 7 nitrogen and oxygen atoms in total. The maximum Gasteiger partial charge on any atom is 0.295 e. The molecule has 9 heteroatoms. The molecule has 1 N–H and O–H groups in total. The Morgan fingerprint density at radius 2 is 1.85 bits per heavy atom. The summed E-state index contributed by atoms with van der Waals surface area (Å²) in [6.07, 6.45) is 0. The van der Waals surface area contributed by atoms with Gasteiger partial charge in [-0.15, -0.1) is 16.4 Å². The van der Waals surface area contributed by atoms with Crippen LogP contribution in [0.4, 0.5) is 15.8 Å². The van der Waals surface area contributed by atoms with E-state index in [0.29, 0.717) is 17.2 Å². The number of anilines is 2. The third kappa shape index (κ3) is 4.57. The van der Waals surface area contributed by atoms with Gasteiger partial charge in [-0.05, 0) is 67.4 Å². The van der Waals surface area contributed by atoms with E-state index in [0.717, 1.165) is 42.3 Å². The summed E-state index contributed by atoms with van der Waals surface area (Å²) in [5.41, 5.74) is 3.33. The van der Waals surface area contributed by atoms with Gasteiger partial charge in [0.2, 0.25) is 5.82 Å². The van der Waals surface area contributed by atoms with Crippen LogP contribution in [0.3, 0.4) is 0 Å². The van der Waals surface area contributed by atoms with Crippen LogP contribution in [0, 0.1) is 12.7 Å². The molecule has 1 aliphatic rings. The number of aryl methyl sites for hydroxylation is 1. The van der Waals surface area contributed by atoms with Crippen LogP contribution in [0.1, 0.15) is 16.2 Å². The summed E-state index contributed by atoms with van der Waals surface area (Å²) < 4.78 is 15.4. The molecule has 1 aliphatic heterocycles. The molecule has 2 aromatic heterocycles. The second-order valence-electron chi connectivity index (χ2n) is 8.37. The quantitative estimate of drug-likeness (QED) is 0.461. The van der Waals surface area contributed by atoms with Crippen LogP contribution < -0.4 is 10.2 Å². The number of halogens is 1. The molecule has 5 rings (SSSR count). The van der Waals surface area contributed by atoms with Crippen molar-refractivity contribution in [2.45, 2.75) is 6.92 Å². The normalized spacial score (nSPS) is 14.4. The molecule has 0 aliphatic carbocycles. The third-order valence-corrected chi connectivity index (χ3v) is 6.80. The number of carbonyl (C=O) groups is 1. The second-order valence-corrected chi connectivity index (χ2v) is 9.32. The average Bonchev–Trinajstić information content (AvgIpc) is 3.51.